The van der Waals surface area contributed by atoms with Crippen LogP contribution in [0.2, 0.25) is 0 Å². The van der Waals surface area contributed by atoms with Gasteiger partial charge in [0.1, 0.15) is 5.75 Å². The van der Waals surface area contributed by atoms with E-state index in [-0.39, 0.29) is 0 Å². The van der Waals surface area contributed by atoms with Crippen LogP contribution in [-0.2, 0) is 0 Å². The number of alkyl halides is 3. The molecule has 0 fully saturated rings. The first-order valence-corrected chi connectivity index (χ1v) is 6.98. The van der Waals surface area contributed by atoms with E-state index in [0.717, 1.165) is 5.56 Å². The molecule has 0 heterocycles. The van der Waals surface area contributed by atoms with Gasteiger partial charge in [-0.2, -0.15) is 13.2 Å². The maximum atomic E-state index is 12.8. The Labute approximate surface area is 123 Å². The van der Waals surface area contributed by atoms with Crippen molar-refractivity contribution in [3.63, 3.8) is 0 Å². The van der Waals surface area contributed by atoms with Gasteiger partial charge in [0.2, 0.25) is 0 Å². The van der Waals surface area contributed by atoms with Gasteiger partial charge < -0.3 is 10.5 Å². The highest BCUT2D eigenvalue weighted by molar-refractivity contribution is 5.30. The minimum Gasteiger partial charge on any atom is -0.497 e. The Morgan fingerprint density at radius 1 is 1.24 bits per heavy atom. The second-order valence-electron chi connectivity index (χ2n) is 5.16. The number of benzene rings is 1. The molecule has 0 spiro atoms. The molecule has 0 aliphatic rings. The molecule has 1 rings (SSSR count). The summed E-state index contributed by atoms with van der Waals surface area (Å²) in [7, 11) is 1.55. The summed E-state index contributed by atoms with van der Waals surface area (Å²) in [5.74, 6) is 0.667. The number of rotatable bonds is 7. The molecule has 0 aromatic heterocycles. The average molecular weight is 304 g/mol. The van der Waals surface area contributed by atoms with Crippen LogP contribution in [0.4, 0.5) is 13.2 Å². The summed E-state index contributed by atoms with van der Waals surface area (Å²) in [6.07, 6.45) is -3.61. The molecule has 0 radical (unpaired) electrons. The Morgan fingerprint density at radius 3 is 2.19 bits per heavy atom. The maximum Gasteiger partial charge on any atom is 0.401 e. The van der Waals surface area contributed by atoms with Crippen LogP contribution < -0.4 is 10.5 Å². The summed E-state index contributed by atoms with van der Waals surface area (Å²) in [6, 6.07) is 6.13. The first kappa shape index (κ1) is 17.8. The maximum absolute atomic E-state index is 12.8. The lowest BCUT2D eigenvalue weighted by Crippen LogP contribution is -2.44. The lowest BCUT2D eigenvalue weighted by Gasteiger charge is -2.35. The van der Waals surface area contributed by atoms with Gasteiger partial charge in [0.15, 0.2) is 0 Å². The fourth-order valence-electron chi connectivity index (χ4n) is 2.48. The molecule has 0 amide bonds. The van der Waals surface area contributed by atoms with Gasteiger partial charge in [0.25, 0.3) is 0 Å². The molecule has 21 heavy (non-hydrogen) atoms. The van der Waals surface area contributed by atoms with Crippen LogP contribution in [0.1, 0.15) is 31.9 Å². The normalized spacial score (nSPS) is 15.0. The summed E-state index contributed by atoms with van der Waals surface area (Å²) in [5.41, 5.74) is 6.72. The quantitative estimate of drug-likeness (QED) is 0.839. The van der Waals surface area contributed by atoms with E-state index in [1.807, 2.05) is 6.92 Å². The van der Waals surface area contributed by atoms with Crippen molar-refractivity contribution < 1.29 is 17.9 Å². The molecule has 1 aromatic carbocycles. The fraction of sp³-hybridized carbons (Fsp3) is 0.600. The van der Waals surface area contributed by atoms with Gasteiger partial charge in [-0.3, -0.25) is 4.90 Å². The van der Waals surface area contributed by atoms with Crippen molar-refractivity contribution >= 4 is 0 Å². The first-order valence-electron chi connectivity index (χ1n) is 6.98. The fourth-order valence-corrected chi connectivity index (χ4v) is 2.48. The monoisotopic (exact) mass is 304 g/mol. The second-order valence-corrected chi connectivity index (χ2v) is 5.16. The number of nitrogens with zero attached hydrogens (tertiary/aromatic N) is 1. The highest BCUT2D eigenvalue weighted by atomic mass is 19.4. The van der Waals surface area contributed by atoms with Crippen molar-refractivity contribution in [2.45, 2.75) is 38.5 Å². The van der Waals surface area contributed by atoms with Crippen LogP contribution in [-0.4, -0.2) is 37.3 Å². The van der Waals surface area contributed by atoms with Gasteiger partial charge in [0.05, 0.1) is 13.7 Å². The zero-order valence-corrected chi connectivity index (χ0v) is 12.7. The van der Waals surface area contributed by atoms with Crippen molar-refractivity contribution in [3.05, 3.63) is 29.8 Å². The first-order chi connectivity index (χ1) is 9.78. The van der Waals surface area contributed by atoms with Crippen LogP contribution >= 0.6 is 0 Å². The molecule has 3 nitrogen and oxygen atoms in total. The number of nitrogens with two attached hydrogens (primary N) is 1. The van der Waals surface area contributed by atoms with Crippen molar-refractivity contribution in [2.75, 3.05) is 20.2 Å². The third kappa shape index (κ3) is 5.55. The van der Waals surface area contributed by atoms with Crippen LogP contribution in [0.5, 0.6) is 5.75 Å². The third-order valence-corrected chi connectivity index (χ3v) is 3.24. The minimum atomic E-state index is -4.24. The summed E-state index contributed by atoms with van der Waals surface area (Å²) in [4.78, 5) is 1.40. The zero-order chi connectivity index (χ0) is 16.0. The molecule has 0 aliphatic carbocycles. The van der Waals surface area contributed by atoms with Crippen molar-refractivity contribution in [2.24, 2.45) is 5.73 Å². The van der Waals surface area contributed by atoms with E-state index < -0.39 is 24.8 Å². The third-order valence-electron chi connectivity index (χ3n) is 3.24. The summed E-state index contributed by atoms with van der Waals surface area (Å²) < 4.78 is 43.4. The Hall–Kier alpha value is -1.27. The summed E-state index contributed by atoms with van der Waals surface area (Å²) >= 11 is 0. The Bertz CT molecular complexity index is 418. The SMILES string of the molecule is CCCN(CC(F)(F)F)C(c1ccc(OC)cc1)C(C)N. The molecule has 1 aromatic rings. The molecule has 2 unspecified atom stereocenters. The Morgan fingerprint density at radius 2 is 1.81 bits per heavy atom. The zero-order valence-electron chi connectivity index (χ0n) is 12.7. The molecule has 2 N–H and O–H groups in total. The van der Waals surface area contributed by atoms with Crippen molar-refractivity contribution in [1.82, 2.24) is 4.90 Å². The lowest BCUT2D eigenvalue weighted by molar-refractivity contribution is -0.152. The molecular formula is C15H23F3N2O. The van der Waals surface area contributed by atoms with Crippen LogP contribution in [0.3, 0.4) is 0 Å². The topological polar surface area (TPSA) is 38.5 Å². The number of halogens is 3. The molecular weight excluding hydrogens is 281 g/mol. The second kappa shape index (κ2) is 7.66. The molecule has 0 aliphatic heterocycles. The van der Waals surface area contributed by atoms with Crippen molar-refractivity contribution in [1.29, 1.82) is 0 Å². The molecule has 0 saturated heterocycles. The average Bonchev–Trinajstić information content (AvgIpc) is 2.37. The minimum absolute atomic E-state index is 0.345. The van der Waals surface area contributed by atoms with E-state index in [0.29, 0.717) is 18.7 Å². The van der Waals surface area contributed by atoms with E-state index in [1.165, 1.54) is 4.90 Å². The lowest BCUT2D eigenvalue weighted by atomic mass is 9.98. The predicted molar refractivity (Wildman–Crippen MR) is 77.3 cm³/mol. The van der Waals surface area contributed by atoms with Crippen LogP contribution in [0.15, 0.2) is 24.3 Å². The van der Waals surface area contributed by atoms with Crippen molar-refractivity contribution in [3.8, 4) is 5.75 Å². The van der Waals surface area contributed by atoms with Crippen LogP contribution in [0.25, 0.3) is 0 Å². The van der Waals surface area contributed by atoms with Gasteiger partial charge in [-0.15, -0.1) is 0 Å². The molecule has 6 heteroatoms. The van der Waals surface area contributed by atoms with Gasteiger partial charge in [-0.1, -0.05) is 19.1 Å². The summed E-state index contributed by atoms with van der Waals surface area (Å²) in [5, 5.41) is 0. The van der Waals surface area contributed by atoms with E-state index in [9.17, 15) is 13.2 Å². The predicted octanol–water partition coefficient (Wildman–Crippen LogP) is 3.36. The smallest absolute Gasteiger partial charge is 0.401 e. The highest BCUT2D eigenvalue weighted by Crippen LogP contribution is 2.29. The largest absolute Gasteiger partial charge is 0.497 e. The van der Waals surface area contributed by atoms with E-state index in [1.54, 1.807) is 38.3 Å². The molecule has 120 valence electrons. The molecule has 2 atom stereocenters. The number of methoxy groups -OCH3 is 1. The Kier molecular flexibility index (Phi) is 6.48. The van der Waals surface area contributed by atoms with E-state index in [4.69, 9.17) is 10.5 Å². The van der Waals surface area contributed by atoms with Gasteiger partial charge in [-0.05, 0) is 37.6 Å². The number of ether oxygens (including phenoxy) is 1. The highest BCUT2D eigenvalue weighted by Gasteiger charge is 2.35. The van der Waals surface area contributed by atoms with Gasteiger partial charge >= 0.3 is 6.18 Å². The number of hydrogen-bond acceptors (Lipinski definition) is 3. The standard InChI is InChI=1S/C15H23F3N2O/c1-4-9-20(10-15(16,17)18)14(11(2)19)12-5-7-13(21-3)8-6-12/h5-8,11,14H,4,9-10,19H2,1-3H3. The summed E-state index contributed by atoms with van der Waals surface area (Å²) in [6.45, 7) is 2.97. The number of hydrogen-bond donors (Lipinski definition) is 1. The molecule has 0 saturated carbocycles. The van der Waals surface area contributed by atoms with Gasteiger partial charge in [-0.25, -0.2) is 0 Å². The Balaban J connectivity index is 3.05. The van der Waals surface area contributed by atoms with E-state index in [2.05, 4.69) is 0 Å². The molecule has 0 bridgehead atoms. The van der Waals surface area contributed by atoms with Gasteiger partial charge in [0, 0.05) is 12.1 Å². The van der Waals surface area contributed by atoms with E-state index >= 15 is 0 Å². The van der Waals surface area contributed by atoms with Crippen LogP contribution in [0, 0.1) is 0 Å².